The number of nitriles is 1. The third-order valence-corrected chi connectivity index (χ3v) is 3.49. The molecule has 1 aliphatic rings. The number of carboxylic acid groups (broad SMARTS) is 1. The molecule has 0 saturated carbocycles. The van der Waals surface area contributed by atoms with Gasteiger partial charge in [-0.05, 0) is 18.2 Å². The summed E-state index contributed by atoms with van der Waals surface area (Å²) in [5.41, 5.74) is 0.525. The first-order valence-corrected chi connectivity index (χ1v) is 6.48. The highest BCUT2D eigenvalue weighted by molar-refractivity contribution is 6.33. The Labute approximate surface area is 125 Å². The molecule has 110 valence electrons. The highest BCUT2D eigenvalue weighted by Gasteiger charge is 2.39. The molecule has 1 saturated heterocycles. The van der Waals surface area contributed by atoms with Crippen molar-refractivity contribution in [2.75, 3.05) is 11.9 Å². The van der Waals surface area contributed by atoms with E-state index in [-0.39, 0.29) is 23.7 Å². The lowest BCUT2D eigenvalue weighted by Crippen LogP contribution is -2.43. The van der Waals surface area contributed by atoms with Crippen molar-refractivity contribution in [2.24, 2.45) is 0 Å². The molecule has 1 unspecified atom stereocenters. The number of carbonyl (C=O) groups excluding carboxylic acids is 1. The van der Waals surface area contributed by atoms with Gasteiger partial charge in [-0.3, -0.25) is 0 Å². The maximum Gasteiger partial charge on any atom is 0.326 e. The first-order chi connectivity index (χ1) is 9.92. The number of carbonyl (C=O) groups is 2. The second-order valence-corrected chi connectivity index (χ2v) is 5.04. The molecule has 0 spiro atoms. The number of β-amino-alcohol motifs (C(OH)–C–C–N with tert-alkyl or cyclic N) is 1. The molecule has 7 nitrogen and oxygen atoms in total. The van der Waals surface area contributed by atoms with Crippen molar-refractivity contribution in [3.63, 3.8) is 0 Å². The Kier molecular flexibility index (Phi) is 4.31. The van der Waals surface area contributed by atoms with Gasteiger partial charge in [0.05, 0.1) is 28.4 Å². The summed E-state index contributed by atoms with van der Waals surface area (Å²) in [5.74, 6) is -1.18. The zero-order valence-corrected chi connectivity index (χ0v) is 11.5. The fourth-order valence-electron chi connectivity index (χ4n) is 2.15. The molecule has 1 fully saturated rings. The quantitative estimate of drug-likeness (QED) is 0.761. The van der Waals surface area contributed by atoms with Gasteiger partial charge in [-0.25, -0.2) is 9.59 Å². The van der Waals surface area contributed by atoms with Gasteiger partial charge in [0.2, 0.25) is 0 Å². The number of nitrogens with zero attached hydrogens (tertiary/aromatic N) is 2. The average molecular weight is 310 g/mol. The molecule has 0 aliphatic carbocycles. The summed E-state index contributed by atoms with van der Waals surface area (Å²) in [6.07, 6.45) is -0.896. The molecule has 1 aromatic carbocycles. The molecule has 1 heterocycles. The number of aliphatic hydroxyl groups is 1. The monoisotopic (exact) mass is 309 g/mol. The Morgan fingerprint density at radius 3 is 2.81 bits per heavy atom. The van der Waals surface area contributed by atoms with Crippen LogP contribution in [0.3, 0.4) is 0 Å². The fourth-order valence-corrected chi connectivity index (χ4v) is 2.31. The molecule has 1 aliphatic heterocycles. The summed E-state index contributed by atoms with van der Waals surface area (Å²) in [6.45, 7) is -0.0711. The molecule has 2 amide bonds. The van der Waals surface area contributed by atoms with Crippen LogP contribution >= 0.6 is 11.6 Å². The van der Waals surface area contributed by atoms with Crippen LogP contribution in [-0.4, -0.2) is 45.8 Å². The van der Waals surface area contributed by atoms with E-state index in [1.165, 1.54) is 18.2 Å². The van der Waals surface area contributed by atoms with E-state index >= 15 is 0 Å². The molecule has 0 bridgehead atoms. The molecular weight excluding hydrogens is 298 g/mol. The first-order valence-electron chi connectivity index (χ1n) is 6.10. The molecule has 3 N–H and O–H groups in total. The molecule has 8 heteroatoms. The highest BCUT2D eigenvalue weighted by Crippen LogP contribution is 2.25. The van der Waals surface area contributed by atoms with Crippen LogP contribution in [0.15, 0.2) is 18.2 Å². The number of carboxylic acids is 1. The molecule has 0 aromatic heterocycles. The summed E-state index contributed by atoms with van der Waals surface area (Å²) in [7, 11) is 0. The number of hydrogen-bond donors (Lipinski definition) is 3. The van der Waals surface area contributed by atoms with Gasteiger partial charge in [0.15, 0.2) is 0 Å². The number of anilines is 1. The Bertz CT molecular complexity index is 628. The predicted octanol–water partition coefficient (Wildman–Crippen LogP) is 1.26. The lowest BCUT2D eigenvalue weighted by molar-refractivity contribution is -0.141. The van der Waals surface area contributed by atoms with Crippen LogP contribution in [0.5, 0.6) is 0 Å². The molecule has 2 rings (SSSR count). The fraction of sp³-hybridized carbons (Fsp3) is 0.308. The SMILES string of the molecule is N#Cc1ccc(Cl)c(NC(=O)N2CC(O)C[C@H]2C(=O)O)c1. The summed E-state index contributed by atoms with van der Waals surface area (Å²) < 4.78 is 0. The number of aliphatic carboxylic acids is 1. The van der Waals surface area contributed by atoms with Crippen LogP contribution in [-0.2, 0) is 4.79 Å². The van der Waals surface area contributed by atoms with Crippen molar-refractivity contribution in [3.8, 4) is 6.07 Å². The van der Waals surface area contributed by atoms with E-state index in [0.717, 1.165) is 4.90 Å². The van der Waals surface area contributed by atoms with E-state index in [4.69, 9.17) is 22.0 Å². The normalized spacial score (nSPS) is 20.9. The molecule has 1 aromatic rings. The van der Waals surface area contributed by atoms with Gasteiger partial charge in [-0.1, -0.05) is 11.6 Å². The first kappa shape index (κ1) is 15.1. The summed E-state index contributed by atoms with van der Waals surface area (Å²) in [5, 5.41) is 30.1. The molecule has 21 heavy (non-hydrogen) atoms. The lowest BCUT2D eigenvalue weighted by atomic mass is 10.2. The van der Waals surface area contributed by atoms with E-state index in [0.29, 0.717) is 5.56 Å². The van der Waals surface area contributed by atoms with Crippen LogP contribution in [0.1, 0.15) is 12.0 Å². The largest absolute Gasteiger partial charge is 0.480 e. The minimum atomic E-state index is -1.18. The Balaban J connectivity index is 2.18. The van der Waals surface area contributed by atoms with Gasteiger partial charge in [0.1, 0.15) is 6.04 Å². The van der Waals surface area contributed by atoms with Crippen LogP contribution in [0, 0.1) is 11.3 Å². The van der Waals surface area contributed by atoms with Gasteiger partial charge in [-0.15, -0.1) is 0 Å². The van der Waals surface area contributed by atoms with Crippen molar-refractivity contribution >= 4 is 29.3 Å². The second kappa shape index (κ2) is 5.99. The minimum absolute atomic E-state index is 0.0191. The summed E-state index contributed by atoms with van der Waals surface area (Å²) in [6, 6.07) is 4.49. The number of urea groups is 1. The summed E-state index contributed by atoms with van der Waals surface area (Å²) >= 11 is 5.92. The molecular formula is C13H12ClN3O4. The van der Waals surface area contributed by atoms with E-state index in [9.17, 15) is 14.7 Å². The number of halogens is 1. The summed E-state index contributed by atoms with van der Waals surface area (Å²) in [4.78, 5) is 24.2. The van der Waals surface area contributed by atoms with Crippen molar-refractivity contribution in [1.82, 2.24) is 4.90 Å². The van der Waals surface area contributed by atoms with E-state index in [1.807, 2.05) is 6.07 Å². The number of benzene rings is 1. The number of rotatable bonds is 2. The van der Waals surface area contributed by atoms with Crippen LogP contribution in [0.2, 0.25) is 5.02 Å². The smallest absolute Gasteiger partial charge is 0.326 e. The molecule has 2 atom stereocenters. The van der Waals surface area contributed by atoms with Gasteiger partial charge in [0.25, 0.3) is 0 Å². The van der Waals surface area contributed by atoms with Gasteiger partial charge < -0.3 is 20.4 Å². The van der Waals surface area contributed by atoms with Crippen LogP contribution in [0.4, 0.5) is 10.5 Å². The zero-order chi connectivity index (χ0) is 15.6. The predicted molar refractivity (Wildman–Crippen MR) is 73.9 cm³/mol. The maximum absolute atomic E-state index is 12.1. The van der Waals surface area contributed by atoms with Crippen LogP contribution in [0.25, 0.3) is 0 Å². The Morgan fingerprint density at radius 2 is 2.19 bits per heavy atom. The van der Waals surface area contributed by atoms with E-state index in [1.54, 1.807) is 0 Å². The Morgan fingerprint density at radius 1 is 1.48 bits per heavy atom. The topological polar surface area (TPSA) is 114 Å². The average Bonchev–Trinajstić information content (AvgIpc) is 2.83. The highest BCUT2D eigenvalue weighted by atomic mass is 35.5. The van der Waals surface area contributed by atoms with Crippen molar-refractivity contribution in [1.29, 1.82) is 5.26 Å². The van der Waals surface area contributed by atoms with Gasteiger partial charge in [-0.2, -0.15) is 5.26 Å². The lowest BCUT2D eigenvalue weighted by Gasteiger charge is -2.21. The minimum Gasteiger partial charge on any atom is -0.480 e. The van der Waals surface area contributed by atoms with E-state index in [2.05, 4.69) is 5.32 Å². The number of hydrogen-bond acceptors (Lipinski definition) is 4. The standard InChI is InChI=1S/C13H12ClN3O4/c14-9-2-1-7(5-15)3-10(9)16-13(21)17-6-8(18)4-11(17)12(19)20/h1-3,8,11,18H,4,6H2,(H,16,21)(H,19,20)/t8?,11-/m0/s1. The number of amides is 2. The third kappa shape index (κ3) is 3.24. The van der Waals surface area contributed by atoms with Crippen molar-refractivity contribution < 1.29 is 19.8 Å². The maximum atomic E-state index is 12.1. The van der Waals surface area contributed by atoms with Gasteiger partial charge in [0, 0.05) is 13.0 Å². The molecule has 0 radical (unpaired) electrons. The van der Waals surface area contributed by atoms with E-state index < -0.39 is 24.1 Å². The van der Waals surface area contributed by atoms with Crippen molar-refractivity contribution in [3.05, 3.63) is 28.8 Å². The zero-order valence-electron chi connectivity index (χ0n) is 10.8. The Hall–Kier alpha value is -2.30. The van der Waals surface area contributed by atoms with Crippen LogP contribution < -0.4 is 5.32 Å². The second-order valence-electron chi connectivity index (χ2n) is 4.63. The number of aliphatic hydroxyl groups excluding tert-OH is 1. The number of likely N-dealkylation sites (tertiary alicyclic amines) is 1. The third-order valence-electron chi connectivity index (χ3n) is 3.16. The van der Waals surface area contributed by atoms with Crippen molar-refractivity contribution in [2.45, 2.75) is 18.6 Å². The van der Waals surface area contributed by atoms with Gasteiger partial charge >= 0.3 is 12.0 Å². The number of nitrogens with one attached hydrogen (secondary N) is 1.